The molecule has 0 radical (unpaired) electrons. The largest absolute Gasteiger partial charge is 0.390 e. The summed E-state index contributed by atoms with van der Waals surface area (Å²) in [6, 6.07) is 0. The number of nitrogens with one attached hydrogen (secondary N) is 3. The van der Waals surface area contributed by atoms with E-state index < -0.39 is 0 Å². The Morgan fingerprint density at radius 2 is 1.20 bits per heavy atom. The van der Waals surface area contributed by atoms with Gasteiger partial charge < -0.3 is 16.0 Å². The van der Waals surface area contributed by atoms with E-state index in [2.05, 4.69) is 36.7 Å². The zero-order valence-corrected chi connectivity index (χ0v) is 12.7. The first kappa shape index (κ1) is 14.4. The average molecular weight is 229 g/mol. The lowest BCUT2D eigenvalue weighted by atomic mass is 10.4. The average Bonchev–Trinajstić information content (AvgIpc) is 2.26. The monoisotopic (exact) mass is 229 g/mol. The molecule has 0 saturated heterocycles. The maximum atomic E-state index is 3.47. The van der Waals surface area contributed by atoms with Crippen molar-refractivity contribution in [2.24, 2.45) is 0 Å². The predicted molar refractivity (Wildman–Crippen MR) is 71.8 cm³/mol. The van der Waals surface area contributed by atoms with Crippen molar-refractivity contribution in [1.82, 2.24) is 16.0 Å². The molecule has 0 spiro atoms. The van der Waals surface area contributed by atoms with Crippen molar-refractivity contribution in [3.8, 4) is 0 Å². The summed E-state index contributed by atoms with van der Waals surface area (Å²) in [5.74, 6) is 1.22. The summed E-state index contributed by atoms with van der Waals surface area (Å²) in [5, 5.41) is 11.7. The molecule has 0 aliphatic rings. The van der Waals surface area contributed by atoms with Crippen molar-refractivity contribution in [3.63, 3.8) is 0 Å². The Morgan fingerprint density at radius 1 is 0.800 bits per heavy atom. The molecule has 15 heavy (non-hydrogen) atoms. The molecule has 4 heteroatoms. The first-order valence-corrected chi connectivity index (χ1v) is 7.18. The van der Waals surface area contributed by atoms with Gasteiger partial charge in [-0.2, -0.15) is 0 Å². The predicted octanol–water partition coefficient (Wildman–Crippen LogP) is 0.477. The second-order valence-corrected chi connectivity index (χ2v) is 4.78. The standard InChI is InChI=1S/C11H27N3Si/c1-4-7-12-10(13-8-5-2)11(15)14-9-6-3/h12-14H,4-9H2,1-3,15H3. The highest BCUT2D eigenvalue weighted by atomic mass is 28.1. The molecule has 0 bridgehead atoms. The molecule has 0 atom stereocenters. The molecule has 0 aromatic rings. The van der Waals surface area contributed by atoms with Crippen molar-refractivity contribution >= 4 is 10.2 Å². The maximum Gasteiger partial charge on any atom is 0.112 e. The SMILES string of the molecule is CCCNC([SiH3])=C(NCCC)NCCC. The minimum absolute atomic E-state index is 1.05. The van der Waals surface area contributed by atoms with Gasteiger partial charge >= 0.3 is 0 Å². The Bertz CT molecular complexity index is 171. The minimum Gasteiger partial charge on any atom is -0.390 e. The Balaban J connectivity index is 4.14. The molecule has 0 fully saturated rings. The second-order valence-electron chi connectivity index (χ2n) is 3.78. The van der Waals surface area contributed by atoms with E-state index in [9.17, 15) is 0 Å². The molecule has 0 aromatic heterocycles. The summed E-state index contributed by atoms with van der Waals surface area (Å²) in [7, 11) is 1.06. The Morgan fingerprint density at radius 3 is 1.60 bits per heavy atom. The highest BCUT2D eigenvalue weighted by Crippen LogP contribution is 1.91. The van der Waals surface area contributed by atoms with Gasteiger partial charge in [0.25, 0.3) is 0 Å². The molecule has 0 aliphatic heterocycles. The van der Waals surface area contributed by atoms with Gasteiger partial charge in [0.05, 0.1) is 10.2 Å². The van der Waals surface area contributed by atoms with Gasteiger partial charge in [-0.3, -0.25) is 0 Å². The van der Waals surface area contributed by atoms with Crippen LogP contribution >= 0.6 is 0 Å². The van der Waals surface area contributed by atoms with E-state index in [0.717, 1.165) is 29.9 Å². The van der Waals surface area contributed by atoms with E-state index in [1.807, 2.05) is 0 Å². The third-order valence-corrected chi connectivity index (χ3v) is 2.97. The minimum atomic E-state index is 1.05. The van der Waals surface area contributed by atoms with Crippen molar-refractivity contribution in [3.05, 3.63) is 11.1 Å². The van der Waals surface area contributed by atoms with E-state index in [1.165, 1.54) is 30.4 Å². The van der Waals surface area contributed by atoms with Gasteiger partial charge in [0.2, 0.25) is 0 Å². The zero-order chi connectivity index (χ0) is 11.5. The van der Waals surface area contributed by atoms with E-state index in [4.69, 9.17) is 0 Å². The third kappa shape index (κ3) is 7.30. The van der Waals surface area contributed by atoms with Crippen molar-refractivity contribution < 1.29 is 0 Å². The van der Waals surface area contributed by atoms with Gasteiger partial charge in [-0.05, 0) is 19.3 Å². The lowest BCUT2D eigenvalue weighted by Gasteiger charge is -2.17. The van der Waals surface area contributed by atoms with Crippen molar-refractivity contribution in [1.29, 1.82) is 0 Å². The fraction of sp³-hybridized carbons (Fsp3) is 0.818. The fourth-order valence-corrected chi connectivity index (χ4v) is 1.83. The molecule has 0 unspecified atom stereocenters. The van der Waals surface area contributed by atoms with Gasteiger partial charge in [-0.15, -0.1) is 0 Å². The van der Waals surface area contributed by atoms with E-state index in [-0.39, 0.29) is 0 Å². The normalized spacial score (nSPS) is 9.80. The molecule has 3 nitrogen and oxygen atoms in total. The molecule has 0 aliphatic carbocycles. The summed E-state index contributed by atoms with van der Waals surface area (Å²) in [6.07, 6.45) is 3.51. The van der Waals surface area contributed by atoms with Crippen LogP contribution in [-0.4, -0.2) is 29.9 Å². The summed E-state index contributed by atoms with van der Waals surface area (Å²) in [5.41, 5.74) is 0. The van der Waals surface area contributed by atoms with E-state index in [0.29, 0.717) is 0 Å². The van der Waals surface area contributed by atoms with Crippen molar-refractivity contribution in [2.45, 2.75) is 40.0 Å². The zero-order valence-electron chi connectivity index (χ0n) is 10.7. The van der Waals surface area contributed by atoms with Crippen LogP contribution in [0.4, 0.5) is 0 Å². The number of rotatable bonds is 9. The Labute approximate surface area is 97.5 Å². The molecule has 90 valence electrons. The van der Waals surface area contributed by atoms with E-state index in [1.54, 1.807) is 0 Å². The van der Waals surface area contributed by atoms with E-state index >= 15 is 0 Å². The fourth-order valence-electron chi connectivity index (χ4n) is 1.23. The summed E-state index contributed by atoms with van der Waals surface area (Å²) in [6.45, 7) is 9.74. The summed E-state index contributed by atoms with van der Waals surface area (Å²) < 4.78 is 0. The molecule has 3 N–H and O–H groups in total. The summed E-state index contributed by atoms with van der Waals surface area (Å²) in [4.78, 5) is 0. The van der Waals surface area contributed by atoms with Crippen LogP contribution in [0.2, 0.25) is 0 Å². The molecular weight excluding hydrogens is 202 g/mol. The van der Waals surface area contributed by atoms with Gasteiger partial charge in [-0.25, -0.2) is 0 Å². The lowest BCUT2D eigenvalue weighted by molar-refractivity contribution is 0.643. The number of hydrogen-bond acceptors (Lipinski definition) is 3. The molecule has 0 saturated carbocycles. The van der Waals surface area contributed by atoms with Gasteiger partial charge in [0.1, 0.15) is 5.82 Å². The number of hydrogen-bond donors (Lipinski definition) is 3. The molecule has 0 heterocycles. The van der Waals surface area contributed by atoms with Crippen LogP contribution in [0.5, 0.6) is 0 Å². The molecule has 0 rings (SSSR count). The molecular formula is C11H27N3Si. The lowest BCUT2D eigenvalue weighted by Crippen LogP contribution is -2.33. The third-order valence-electron chi connectivity index (χ3n) is 2.12. The quantitative estimate of drug-likeness (QED) is 0.503. The first-order chi connectivity index (χ1) is 7.26. The molecule has 0 amide bonds. The highest BCUT2D eigenvalue weighted by molar-refractivity contribution is 6.21. The summed E-state index contributed by atoms with van der Waals surface area (Å²) >= 11 is 0. The van der Waals surface area contributed by atoms with Crippen LogP contribution < -0.4 is 16.0 Å². The Hall–Kier alpha value is -0.643. The Kier molecular flexibility index (Phi) is 9.47. The molecule has 0 aromatic carbocycles. The van der Waals surface area contributed by atoms with Crippen LogP contribution in [0.1, 0.15) is 40.0 Å². The topological polar surface area (TPSA) is 36.1 Å². The first-order valence-electron chi connectivity index (χ1n) is 6.18. The maximum absolute atomic E-state index is 3.47. The van der Waals surface area contributed by atoms with Crippen LogP contribution in [-0.2, 0) is 0 Å². The van der Waals surface area contributed by atoms with Crippen LogP contribution in [0.25, 0.3) is 0 Å². The van der Waals surface area contributed by atoms with Crippen LogP contribution in [0.3, 0.4) is 0 Å². The van der Waals surface area contributed by atoms with Crippen LogP contribution in [0.15, 0.2) is 11.1 Å². The highest BCUT2D eigenvalue weighted by Gasteiger charge is 1.99. The van der Waals surface area contributed by atoms with Crippen molar-refractivity contribution in [2.75, 3.05) is 19.6 Å². The van der Waals surface area contributed by atoms with Gasteiger partial charge in [-0.1, -0.05) is 20.8 Å². The second kappa shape index (κ2) is 9.89. The van der Waals surface area contributed by atoms with Crippen LogP contribution in [0, 0.1) is 0 Å². The smallest absolute Gasteiger partial charge is 0.112 e. The van der Waals surface area contributed by atoms with Gasteiger partial charge in [0, 0.05) is 25.0 Å². The van der Waals surface area contributed by atoms with Gasteiger partial charge in [0.15, 0.2) is 0 Å².